The number of hydrogen-bond donors (Lipinski definition) is 2. The van der Waals surface area contributed by atoms with Gasteiger partial charge in [0.15, 0.2) is 0 Å². The van der Waals surface area contributed by atoms with Gasteiger partial charge in [-0.1, -0.05) is 6.07 Å². The van der Waals surface area contributed by atoms with Crippen LogP contribution < -0.4 is 10.6 Å². The number of carbonyl (C=O) groups is 3. The molecule has 0 saturated heterocycles. The van der Waals surface area contributed by atoms with E-state index in [0.29, 0.717) is 5.56 Å². The second-order valence-electron chi connectivity index (χ2n) is 7.69. The van der Waals surface area contributed by atoms with Crippen LogP contribution in [-0.4, -0.2) is 49.2 Å². The summed E-state index contributed by atoms with van der Waals surface area (Å²) in [5, 5.41) is 4.27. The molecule has 3 rings (SSSR count). The monoisotopic (exact) mass is 483 g/mol. The maximum absolute atomic E-state index is 12.8. The van der Waals surface area contributed by atoms with Gasteiger partial charge in [-0.3, -0.25) is 14.4 Å². The molecule has 2 aromatic rings. The predicted octanol–water partition coefficient (Wildman–Crippen LogP) is 3.09. The molecule has 176 valence electrons. The van der Waals surface area contributed by atoms with Crippen molar-refractivity contribution in [3.63, 3.8) is 0 Å². The van der Waals surface area contributed by atoms with Gasteiger partial charge in [-0.15, -0.1) is 0 Å². The van der Waals surface area contributed by atoms with Gasteiger partial charge in [-0.05, 0) is 56.7 Å². The van der Waals surface area contributed by atoms with Crippen LogP contribution in [0.5, 0.6) is 0 Å². The lowest BCUT2D eigenvalue weighted by atomic mass is 10.1. The van der Waals surface area contributed by atoms with Crippen molar-refractivity contribution in [3.05, 3.63) is 58.7 Å². The first-order valence-electron chi connectivity index (χ1n) is 9.72. The molecule has 33 heavy (non-hydrogen) atoms. The summed E-state index contributed by atoms with van der Waals surface area (Å²) in [7, 11) is -4.11. The van der Waals surface area contributed by atoms with Crippen LogP contribution in [0.2, 0.25) is 0 Å². The Hall–Kier alpha value is -3.41. The predicted molar refractivity (Wildman–Crippen MR) is 112 cm³/mol. The summed E-state index contributed by atoms with van der Waals surface area (Å²) in [6.07, 6.45) is -4.57. The number of hydrogen-bond acceptors (Lipinski definition) is 5. The third kappa shape index (κ3) is 4.85. The van der Waals surface area contributed by atoms with Crippen LogP contribution in [-0.2, 0) is 10.0 Å². The molecular weight excluding hydrogens is 463 g/mol. The van der Waals surface area contributed by atoms with Crippen molar-refractivity contribution in [3.8, 4) is 0 Å². The zero-order chi connectivity index (χ0) is 24.7. The van der Waals surface area contributed by atoms with Gasteiger partial charge in [0.2, 0.25) is 0 Å². The molecule has 2 N–H and O–H groups in total. The first-order chi connectivity index (χ1) is 15.2. The molecule has 12 heteroatoms. The summed E-state index contributed by atoms with van der Waals surface area (Å²) in [6.45, 7) is 3.21. The number of anilines is 1. The van der Waals surface area contributed by atoms with E-state index in [4.69, 9.17) is 0 Å². The molecule has 0 aromatic heterocycles. The molecule has 0 saturated carbocycles. The smallest absolute Gasteiger partial charge is 0.343 e. The highest BCUT2D eigenvalue weighted by molar-refractivity contribution is 7.90. The number of fused-ring (bicyclic) bond motifs is 1. The van der Waals surface area contributed by atoms with E-state index in [2.05, 4.69) is 5.32 Å². The Labute approximate surface area is 187 Å². The van der Waals surface area contributed by atoms with E-state index in [0.717, 1.165) is 10.4 Å². The zero-order valence-electron chi connectivity index (χ0n) is 17.8. The number of halogens is 3. The number of carbonyl (C=O) groups excluding carboxylic acids is 3. The fraction of sp³-hybridized carbons (Fsp3) is 0.286. The molecule has 0 spiro atoms. The second-order valence-corrected chi connectivity index (χ2v) is 9.48. The van der Waals surface area contributed by atoms with Crippen LogP contribution in [0.15, 0.2) is 41.3 Å². The summed E-state index contributed by atoms with van der Waals surface area (Å²) in [6, 6.07) is 7.00. The molecule has 2 aromatic carbocycles. The van der Waals surface area contributed by atoms with Gasteiger partial charge in [0.1, 0.15) is 11.4 Å². The minimum Gasteiger partial charge on any atom is -0.343 e. The molecule has 1 aliphatic heterocycles. The van der Waals surface area contributed by atoms with E-state index in [9.17, 15) is 36.0 Å². The minimum absolute atomic E-state index is 0.0419. The van der Waals surface area contributed by atoms with Gasteiger partial charge in [0.05, 0.1) is 5.56 Å². The summed E-state index contributed by atoms with van der Waals surface area (Å²) in [5.74, 6) is -2.38. The third-order valence-electron chi connectivity index (χ3n) is 4.88. The highest BCUT2D eigenvalue weighted by Crippen LogP contribution is 2.33. The molecule has 1 aliphatic rings. The average Bonchev–Trinajstić information content (AvgIpc) is 2.92. The third-order valence-corrected chi connectivity index (χ3v) is 6.88. The van der Waals surface area contributed by atoms with E-state index in [1.54, 1.807) is 26.1 Å². The standard InChI is InChI=1S/C21H20F3N3O5S/c1-11(2)27-20(30)15-7-6-14(9-17(15)33(27,31)32)19(29)26-16-8-13(5-4-12(16)3)18(28)25-10-21(22,23)24/h4-9,11H,10H2,1-3H3,(H,25,28)(H,26,29). The second kappa shape index (κ2) is 8.50. The largest absolute Gasteiger partial charge is 0.405 e. The van der Waals surface area contributed by atoms with Crippen molar-refractivity contribution in [1.82, 2.24) is 9.62 Å². The molecule has 0 atom stereocenters. The molecule has 0 unspecified atom stereocenters. The Balaban J connectivity index is 1.86. The van der Waals surface area contributed by atoms with Crippen LogP contribution in [0.1, 0.15) is 50.5 Å². The highest BCUT2D eigenvalue weighted by Gasteiger charge is 2.43. The van der Waals surface area contributed by atoms with Crippen molar-refractivity contribution in [1.29, 1.82) is 0 Å². The Kier molecular flexibility index (Phi) is 6.25. The van der Waals surface area contributed by atoms with Gasteiger partial charge in [0.25, 0.3) is 27.7 Å². The van der Waals surface area contributed by atoms with Crippen LogP contribution in [0.25, 0.3) is 0 Å². The Morgan fingerprint density at radius 1 is 1.03 bits per heavy atom. The number of amides is 3. The van der Waals surface area contributed by atoms with Crippen LogP contribution in [0.4, 0.5) is 18.9 Å². The fourth-order valence-corrected chi connectivity index (χ4v) is 5.07. The summed E-state index contributed by atoms with van der Waals surface area (Å²) < 4.78 is 63.2. The number of alkyl halides is 3. The SMILES string of the molecule is Cc1ccc(C(=O)NCC(F)(F)F)cc1NC(=O)c1ccc2c(c1)S(=O)(=O)N(C(C)C)C2=O. The summed E-state index contributed by atoms with van der Waals surface area (Å²) in [5.41, 5.74) is 0.477. The quantitative estimate of drug-likeness (QED) is 0.679. The van der Waals surface area contributed by atoms with E-state index in [1.807, 2.05) is 0 Å². The summed E-state index contributed by atoms with van der Waals surface area (Å²) >= 11 is 0. The van der Waals surface area contributed by atoms with Crippen molar-refractivity contribution < 1.29 is 36.0 Å². The zero-order valence-corrected chi connectivity index (χ0v) is 18.6. The van der Waals surface area contributed by atoms with Crippen molar-refractivity contribution in [2.75, 3.05) is 11.9 Å². The topological polar surface area (TPSA) is 113 Å². The van der Waals surface area contributed by atoms with Crippen LogP contribution in [0.3, 0.4) is 0 Å². The fourth-order valence-electron chi connectivity index (χ4n) is 3.27. The van der Waals surface area contributed by atoms with Gasteiger partial charge in [-0.25, -0.2) is 12.7 Å². The lowest BCUT2D eigenvalue weighted by Gasteiger charge is -2.18. The Morgan fingerprint density at radius 2 is 1.64 bits per heavy atom. The van der Waals surface area contributed by atoms with Gasteiger partial charge in [0, 0.05) is 22.9 Å². The number of benzene rings is 2. The van der Waals surface area contributed by atoms with Gasteiger partial charge in [-0.2, -0.15) is 13.2 Å². The first kappa shape index (κ1) is 24.2. The van der Waals surface area contributed by atoms with E-state index in [-0.39, 0.29) is 27.3 Å². The van der Waals surface area contributed by atoms with E-state index >= 15 is 0 Å². The normalized spacial score (nSPS) is 14.9. The molecule has 1 heterocycles. The number of nitrogens with one attached hydrogen (secondary N) is 2. The molecule has 3 amide bonds. The molecule has 8 nitrogen and oxygen atoms in total. The van der Waals surface area contributed by atoms with E-state index in [1.165, 1.54) is 30.3 Å². The number of rotatable bonds is 5. The highest BCUT2D eigenvalue weighted by atomic mass is 32.2. The maximum Gasteiger partial charge on any atom is 0.405 e. The van der Waals surface area contributed by atoms with Crippen LogP contribution >= 0.6 is 0 Å². The molecule has 0 fully saturated rings. The summed E-state index contributed by atoms with van der Waals surface area (Å²) in [4.78, 5) is 36.9. The molecule has 0 bridgehead atoms. The Morgan fingerprint density at radius 3 is 2.24 bits per heavy atom. The van der Waals surface area contributed by atoms with Gasteiger partial charge < -0.3 is 10.6 Å². The lowest BCUT2D eigenvalue weighted by Crippen LogP contribution is -2.36. The molecule has 0 radical (unpaired) electrons. The van der Waals surface area contributed by atoms with Crippen LogP contribution in [0, 0.1) is 6.92 Å². The van der Waals surface area contributed by atoms with Crippen molar-refractivity contribution >= 4 is 33.4 Å². The first-order valence-corrected chi connectivity index (χ1v) is 11.2. The Bertz CT molecular complexity index is 1260. The van der Waals surface area contributed by atoms with E-state index < -0.39 is 46.5 Å². The number of aryl methyl sites for hydroxylation is 1. The number of nitrogens with zero attached hydrogens (tertiary/aromatic N) is 1. The average molecular weight is 483 g/mol. The van der Waals surface area contributed by atoms with Crippen molar-refractivity contribution in [2.45, 2.75) is 37.9 Å². The molecule has 0 aliphatic carbocycles. The molecular formula is C21H20F3N3O5S. The lowest BCUT2D eigenvalue weighted by molar-refractivity contribution is -0.123. The van der Waals surface area contributed by atoms with Crippen molar-refractivity contribution in [2.24, 2.45) is 0 Å². The number of sulfonamides is 1. The maximum atomic E-state index is 12.8. The van der Waals surface area contributed by atoms with Gasteiger partial charge >= 0.3 is 6.18 Å². The minimum atomic E-state index is -4.57.